The van der Waals surface area contributed by atoms with Gasteiger partial charge in [0, 0.05) is 6.54 Å². The third-order valence-corrected chi connectivity index (χ3v) is 3.22. The van der Waals surface area contributed by atoms with E-state index in [1.165, 1.54) is 0 Å². The molecule has 1 atom stereocenters. The fourth-order valence-electron chi connectivity index (χ4n) is 2.25. The van der Waals surface area contributed by atoms with Gasteiger partial charge in [0.05, 0.1) is 18.3 Å². The zero-order valence-corrected chi connectivity index (χ0v) is 10.4. The fourth-order valence-corrected chi connectivity index (χ4v) is 2.25. The summed E-state index contributed by atoms with van der Waals surface area (Å²) in [5, 5.41) is 4.13. The van der Waals surface area contributed by atoms with Crippen LogP contribution in [0.25, 0.3) is 0 Å². The van der Waals surface area contributed by atoms with Crippen LogP contribution in [0.1, 0.15) is 6.92 Å². The van der Waals surface area contributed by atoms with Gasteiger partial charge >= 0.3 is 0 Å². The average molecular weight is 244 g/mol. The van der Waals surface area contributed by atoms with Gasteiger partial charge in [-0.15, -0.1) is 0 Å². The minimum atomic E-state index is 0.378. The van der Waals surface area contributed by atoms with Gasteiger partial charge in [-0.25, -0.2) is 4.98 Å². The molecule has 0 spiro atoms. The summed E-state index contributed by atoms with van der Waals surface area (Å²) >= 11 is 0. The molecule has 2 aromatic rings. The van der Waals surface area contributed by atoms with Crippen molar-refractivity contribution >= 4 is 5.69 Å². The van der Waals surface area contributed by atoms with Gasteiger partial charge in [-0.2, -0.15) is 5.10 Å². The van der Waals surface area contributed by atoms with Crippen LogP contribution in [-0.4, -0.2) is 34.0 Å². The van der Waals surface area contributed by atoms with Crippen LogP contribution >= 0.6 is 0 Å². The zero-order chi connectivity index (χ0) is 12.4. The maximum absolute atomic E-state index is 5.73. The molecule has 1 aliphatic heterocycles. The van der Waals surface area contributed by atoms with Gasteiger partial charge in [0.15, 0.2) is 0 Å². The van der Waals surface area contributed by atoms with Gasteiger partial charge in [0.1, 0.15) is 25.0 Å². The van der Waals surface area contributed by atoms with E-state index in [1.54, 1.807) is 12.7 Å². The van der Waals surface area contributed by atoms with Crippen molar-refractivity contribution < 1.29 is 4.74 Å². The van der Waals surface area contributed by atoms with Crippen molar-refractivity contribution in [3.8, 4) is 5.75 Å². The third kappa shape index (κ3) is 2.03. The topological polar surface area (TPSA) is 43.2 Å². The summed E-state index contributed by atoms with van der Waals surface area (Å²) in [6.45, 7) is 4.65. The first kappa shape index (κ1) is 11.1. The van der Waals surface area contributed by atoms with Crippen LogP contribution in [0, 0.1) is 0 Å². The molecule has 0 saturated heterocycles. The normalized spacial score (nSPS) is 18.3. The molecule has 2 heterocycles. The third-order valence-electron chi connectivity index (χ3n) is 3.22. The van der Waals surface area contributed by atoms with E-state index in [0.717, 1.165) is 31.1 Å². The number of hydrogen-bond acceptors (Lipinski definition) is 4. The van der Waals surface area contributed by atoms with Gasteiger partial charge in [0.2, 0.25) is 0 Å². The fraction of sp³-hybridized carbons (Fsp3) is 0.385. The van der Waals surface area contributed by atoms with Crippen molar-refractivity contribution in [2.45, 2.75) is 19.5 Å². The molecule has 0 bridgehead atoms. The maximum atomic E-state index is 5.73. The van der Waals surface area contributed by atoms with Crippen LogP contribution in [0.5, 0.6) is 5.75 Å². The van der Waals surface area contributed by atoms with Crippen LogP contribution in [-0.2, 0) is 6.54 Å². The van der Waals surface area contributed by atoms with Gasteiger partial charge in [-0.3, -0.25) is 4.68 Å². The average Bonchev–Trinajstić information content (AvgIpc) is 2.91. The summed E-state index contributed by atoms with van der Waals surface area (Å²) in [6, 6.07) is 8.55. The monoisotopic (exact) mass is 244 g/mol. The predicted octanol–water partition coefficient (Wildman–Crippen LogP) is 1.57. The highest BCUT2D eigenvalue weighted by Gasteiger charge is 2.23. The van der Waals surface area contributed by atoms with E-state index < -0.39 is 0 Å². The molecule has 1 aromatic heterocycles. The Morgan fingerprint density at radius 1 is 1.33 bits per heavy atom. The molecule has 0 radical (unpaired) electrons. The van der Waals surface area contributed by atoms with Crippen molar-refractivity contribution in [1.82, 2.24) is 14.8 Å². The first-order chi connectivity index (χ1) is 8.84. The molecule has 94 valence electrons. The Morgan fingerprint density at radius 3 is 3.06 bits per heavy atom. The number of anilines is 1. The summed E-state index contributed by atoms with van der Waals surface area (Å²) in [7, 11) is 0. The number of fused-ring (bicyclic) bond motifs is 1. The van der Waals surface area contributed by atoms with Crippen LogP contribution in [0.4, 0.5) is 5.69 Å². The highest BCUT2D eigenvalue weighted by atomic mass is 16.5. The smallest absolute Gasteiger partial charge is 0.142 e. The Labute approximate surface area is 106 Å². The lowest BCUT2D eigenvalue weighted by Gasteiger charge is -2.36. The van der Waals surface area contributed by atoms with E-state index >= 15 is 0 Å². The van der Waals surface area contributed by atoms with Crippen LogP contribution in [0.3, 0.4) is 0 Å². The first-order valence-electron chi connectivity index (χ1n) is 6.15. The van der Waals surface area contributed by atoms with Crippen LogP contribution < -0.4 is 9.64 Å². The van der Waals surface area contributed by atoms with E-state index in [1.807, 2.05) is 22.9 Å². The van der Waals surface area contributed by atoms with E-state index in [4.69, 9.17) is 4.74 Å². The summed E-state index contributed by atoms with van der Waals surface area (Å²) in [6.07, 6.45) is 3.31. The van der Waals surface area contributed by atoms with Crippen LogP contribution in [0.15, 0.2) is 36.9 Å². The standard InChI is InChI=1S/C13H16N4O/c1-11-8-18-13-5-3-2-4-12(13)17(11)7-6-16-10-14-9-15-16/h2-5,9-11H,6-8H2,1H3/t11-/m0/s1. The summed E-state index contributed by atoms with van der Waals surface area (Å²) in [5.74, 6) is 0.967. The molecule has 0 aliphatic carbocycles. The molecule has 0 amide bonds. The summed E-state index contributed by atoms with van der Waals surface area (Å²) in [4.78, 5) is 6.32. The Kier molecular flexibility index (Phi) is 2.88. The Hall–Kier alpha value is -2.04. The lowest BCUT2D eigenvalue weighted by atomic mass is 10.1. The number of ether oxygens (including phenoxy) is 1. The van der Waals surface area contributed by atoms with E-state index in [0.29, 0.717) is 6.04 Å². The molecular formula is C13H16N4O. The highest BCUT2D eigenvalue weighted by Crippen LogP contribution is 2.33. The Balaban J connectivity index is 1.78. The largest absolute Gasteiger partial charge is 0.489 e. The number of rotatable bonds is 3. The molecule has 0 unspecified atom stereocenters. The lowest BCUT2D eigenvalue weighted by molar-refractivity contribution is 0.268. The first-order valence-corrected chi connectivity index (χ1v) is 6.15. The Morgan fingerprint density at radius 2 is 2.22 bits per heavy atom. The van der Waals surface area contributed by atoms with Gasteiger partial charge in [-0.05, 0) is 19.1 Å². The summed E-state index contributed by atoms with van der Waals surface area (Å²) < 4.78 is 7.58. The number of nitrogens with zero attached hydrogens (tertiary/aromatic N) is 4. The van der Waals surface area contributed by atoms with Crippen molar-refractivity contribution in [3.05, 3.63) is 36.9 Å². The van der Waals surface area contributed by atoms with E-state index in [-0.39, 0.29) is 0 Å². The molecular weight excluding hydrogens is 228 g/mol. The number of benzene rings is 1. The van der Waals surface area contributed by atoms with Gasteiger partial charge < -0.3 is 9.64 Å². The van der Waals surface area contributed by atoms with Crippen molar-refractivity contribution in [3.63, 3.8) is 0 Å². The maximum Gasteiger partial charge on any atom is 0.142 e. The minimum absolute atomic E-state index is 0.378. The Bertz CT molecular complexity index is 511. The van der Waals surface area contributed by atoms with Gasteiger partial charge in [-0.1, -0.05) is 12.1 Å². The molecule has 5 nitrogen and oxygen atoms in total. The second kappa shape index (κ2) is 4.68. The molecule has 18 heavy (non-hydrogen) atoms. The molecule has 3 rings (SSSR count). The highest BCUT2D eigenvalue weighted by molar-refractivity contribution is 5.60. The van der Waals surface area contributed by atoms with Crippen molar-refractivity contribution in [2.24, 2.45) is 0 Å². The number of aromatic nitrogens is 3. The van der Waals surface area contributed by atoms with E-state index in [2.05, 4.69) is 28.0 Å². The SMILES string of the molecule is C[C@H]1COc2ccccc2N1CCn1cncn1. The number of hydrogen-bond donors (Lipinski definition) is 0. The zero-order valence-electron chi connectivity index (χ0n) is 10.4. The second-order valence-electron chi connectivity index (χ2n) is 4.48. The minimum Gasteiger partial charge on any atom is -0.489 e. The summed E-state index contributed by atoms with van der Waals surface area (Å²) in [5.41, 5.74) is 1.16. The van der Waals surface area contributed by atoms with Crippen molar-refractivity contribution in [2.75, 3.05) is 18.1 Å². The van der Waals surface area contributed by atoms with Crippen LogP contribution in [0.2, 0.25) is 0 Å². The molecule has 1 aromatic carbocycles. The molecule has 5 heteroatoms. The predicted molar refractivity (Wildman–Crippen MR) is 68.8 cm³/mol. The quantitative estimate of drug-likeness (QED) is 0.822. The molecule has 0 saturated carbocycles. The van der Waals surface area contributed by atoms with Gasteiger partial charge in [0.25, 0.3) is 0 Å². The lowest BCUT2D eigenvalue weighted by Crippen LogP contribution is -2.42. The molecule has 0 fully saturated rings. The molecule has 1 aliphatic rings. The number of para-hydroxylation sites is 2. The second-order valence-corrected chi connectivity index (χ2v) is 4.48. The van der Waals surface area contributed by atoms with E-state index in [9.17, 15) is 0 Å². The molecule has 0 N–H and O–H groups in total. The van der Waals surface area contributed by atoms with Crippen molar-refractivity contribution in [1.29, 1.82) is 0 Å².